The van der Waals surface area contributed by atoms with E-state index in [-0.39, 0.29) is 94.9 Å². The van der Waals surface area contributed by atoms with E-state index in [1.807, 2.05) is 93.6 Å². The Morgan fingerprint density at radius 2 is 0.593 bits per heavy atom. The largest absolute Gasteiger partial charge is 0.381 e. The molecule has 0 bridgehead atoms. The fraction of sp³-hybridized carbons (Fsp3) is 0.619. The van der Waals surface area contributed by atoms with E-state index in [0.717, 1.165) is 72.3 Å². The lowest BCUT2D eigenvalue weighted by Crippen LogP contribution is -2.39. The van der Waals surface area contributed by atoms with E-state index >= 15 is 0 Å². The Hall–Kier alpha value is -5.76. The van der Waals surface area contributed by atoms with Crippen LogP contribution < -0.4 is 14.7 Å². The van der Waals surface area contributed by atoms with Crippen LogP contribution in [0.15, 0.2) is 72.8 Å². The van der Waals surface area contributed by atoms with E-state index in [1.165, 1.54) is 0 Å². The molecule has 0 fully saturated rings. The Labute approximate surface area is 484 Å². The van der Waals surface area contributed by atoms with Gasteiger partial charge in [-0.3, -0.25) is 28.8 Å². The van der Waals surface area contributed by atoms with Crippen molar-refractivity contribution in [3.8, 4) is 0 Å². The van der Waals surface area contributed by atoms with Crippen LogP contribution >= 0.6 is 0 Å². The van der Waals surface area contributed by atoms with Gasteiger partial charge in [-0.25, -0.2) is 0 Å². The van der Waals surface area contributed by atoms with Crippen LogP contribution in [0.25, 0.3) is 0 Å². The maximum absolute atomic E-state index is 13.7. The Morgan fingerprint density at radius 3 is 0.827 bits per heavy atom. The molecule has 0 aliphatic carbocycles. The van der Waals surface area contributed by atoms with E-state index in [2.05, 4.69) is 27.7 Å². The molecule has 0 N–H and O–H groups in total. The lowest BCUT2D eigenvalue weighted by Gasteiger charge is -2.33. The summed E-state index contributed by atoms with van der Waals surface area (Å²) in [5, 5.41) is 0. The van der Waals surface area contributed by atoms with Gasteiger partial charge in [-0.2, -0.15) is 0 Å². The summed E-state index contributed by atoms with van der Waals surface area (Å²) in [6.45, 7) is 17.7. The van der Waals surface area contributed by atoms with Gasteiger partial charge < -0.3 is 57.8 Å². The highest BCUT2D eigenvalue weighted by atomic mass is 16.5. The van der Waals surface area contributed by atoms with Crippen LogP contribution in [0.5, 0.6) is 0 Å². The first kappa shape index (κ1) is 69.5. The number of aryl methyl sites for hydroxylation is 3. The predicted molar refractivity (Wildman–Crippen MR) is 320 cm³/mol. The van der Waals surface area contributed by atoms with Gasteiger partial charge in [-0.15, -0.1) is 0 Å². The summed E-state index contributed by atoms with van der Waals surface area (Å²) >= 11 is 0. The summed E-state index contributed by atoms with van der Waals surface area (Å²) in [6.07, 6.45) is 7.72. The quantitative estimate of drug-likeness (QED) is 0.0495. The zero-order chi connectivity index (χ0) is 59.4. The molecule has 81 heavy (non-hydrogen) atoms. The maximum atomic E-state index is 13.7. The van der Waals surface area contributed by atoms with Crippen molar-refractivity contribution in [3.63, 3.8) is 0 Å². The first-order valence-electron chi connectivity index (χ1n) is 29.3. The standard InChI is InChI=1S/C63H98N6O12/c1-11-15-33-64(8)57(70)42-79-45-60(73)67(54-27-21-51(5)22-28-54)36-18-39-76-48-63(14-4,49-77-40-19-37-68(55-29-23-52(6)24-30-55)61(74)46-80-43-58(71)65(9)34-16-12-2)50-78-41-20-38-69(56-31-25-53(7)26-32-56)62(75)47-81-44-59(72)66(10)35-17-13-3/h21-32H,11-20,33-50H2,1-10H3. The van der Waals surface area contributed by atoms with Gasteiger partial charge in [0.05, 0.1) is 19.8 Å². The number of likely N-dealkylation sites (N-methyl/N-ethyl adjacent to an activating group) is 3. The minimum absolute atomic E-state index is 0.174. The number of ether oxygens (including phenoxy) is 6. The van der Waals surface area contributed by atoms with E-state index < -0.39 is 5.41 Å². The maximum Gasteiger partial charge on any atom is 0.252 e. The molecule has 452 valence electrons. The van der Waals surface area contributed by atoms with Gasteiger partial charge in [0.1, 0.15) is 39.6 Å². The third-order valence-electron chi connectivity index (χ3n) is 14.1. The van der Waals surface area contributed by atoms with Crippen molar-refractivity contribution >= 4 is 52.5 Å². The average molecular weight is 1130 g/mol. The molecular formula is C63H98N6O12. The van der Waals surface area contributed by atoms with Crippen molar-refractivity contribution in [2.75, 3.05) is 154 Å². The van der Waals surface area contributed by atoms with Gasteiger partial charge in [0.2, 0.25) is 17.7 Å². The Morgan fingerprint density at radius 1 is 0.346 bits per heavy atom. The lowest BCUT2D eigenvalue weighted by atomic mass is 9.88. The van der Waals surface area contributed by atoms with Gasteiger partial charge in [0, 0.05) is 103 Å². The first-order chi connectivity index (χ1) is 39.0. The first-order valence-corrected chi connectivity index (χ1v) is 29.3. The van der Waals surface area contributed by atoms with E-state index in [1.54, 1.807) is 50.5 Å². The van der Waals surface area contributed by atoms with Gasteiger partial charge in [0.25, 0.3) is 17.7 Å². The van der Waals surface area contributed by atoms with Gasteiger partial charge >= 0.3 is 0 Å². The minimum atomic E-state index is -0.592. The second-order valence-corrected chi connectivity index (χ2v) is 21.2. The zero-order valence-electron chi connectivity index (χ0n) is 50.8. The number of benzene rings is 3. The number of hydrogen-bond donors (Lipinski definition) is 0. The molecule has 0 aliphatic rings. The molecule has 0 saturated carbocycles. The molecule has 18 heteroatoms. The molecule has 0 saturated heterocycles. The van der Waals surface area contributed by atoms with Crippen molar-refractivity contribution in [3.05, 3.63) is 89.5 Å². The van der Waals surface area contributed by atoms with Gasteiger partial charge in [0.15, 0.2) is 0 Å². The molecule has 0 radical (unpaired) electrons. The number of carbonyl (C=O) groups is 6. The topological polar surface area (TPSA) is 177 Å². The summed E-state index contributed by atoms with van der Waals surface area (Å²) in [6, 6.07) is 23.1. The Bertz CT molecular complexity index is 2030. The van der Waals surface area contributed by atoms with Crippen LogP contribution in [0.3, 0.4) is 0 Å². The lowest BCUT2D eigenvalue weighted by molar-refractivity contribution is -0.138. The Kier molecular flexibility index (Phi) is 34.0. The van der Waals surface area contributed by atoms with Crippen LogP contribution in [0, 0.1) is 26.2 Å². The molecule has 0 unspecified atom stereocenters. The number of nitrogens with zero attached hydrogens (tertiary/aromatic N) is 6. The van der Waals surface area contributed by atoms with Gasteiger partial charge in [-0.05, 0) is 102 Å². The number of unbranched alkanes of at least 4 members (excludes halogenated alkanes) is 3. The van der Waals surface area contributed by atoms with E-state index in [4.69, 9.17) is 28.4 Å². The molecule has 6 amide bonds. The highest BCUT2D eigenvalue weighted by Gasteiger charge is 2.31. The molecule has 0 aliphatic heterocycles. The fourth-order valence-electron chi connectivity index (χ4n) is 8.44. The number of carbonyl (C=O) groups excluding carboxylic acids is 6. The van der Waals surface area contributed by atoms with Crippen LogP contribution in [-0.4, -0.2) is 190 Å². The highest BCUT2D eigenvalue weighted by Crippen LogP contribution is 2.26. The SMILES string of the molecule is CCCCN(C)C(=O)COCC(=O)N(CCCOCC(CC)(COCCCN(C(=O)COCC(=O)N(C)CCCC)c1ccc(C)cc1)COCCCN(C(=O)COCC(=O)N(C)CCCC)c1ccc(C)cc1)c1ccc(C)cc1. The summed E-state index contributed by atoms with van der Waals surface area (Å²) < 4.78 is 36.3. The fourth-order valence-corrected chi connectivity index (χ4v) is 8.44. The third kappa shape index (κ3) is 26.8. The molecule has 18 nitrogen and oxygen atoms in total. The second kappa shape index (κ2) is 39.6. The number of anilines is 3. The van der Waals surface area contributed by atoms with Crippen molar-refractivity contribution in [1.29, 1.82) is 0 Å². The minimum Gasteiger partial charge on any atom is -0.381 e. The van der Waals surface area contributed by atoms with Crippen LogP contribution in [-0.2, 0) is 57.2 Å². The second-order valence-electron chi connectivity index (χ2n) is 21.2. The smallest absolute Gasteiger partial charge is 0.252 e. The van der Waals surface area contributed by atoms with Gasteiger partial charge in [-0.1, -0.05) is 100 Å². The molecule has 3 aromatic carbocycles. The van der Waals surface area contributed by atoms with E-state index in [0.29, 0.717) is 84.8 Å². The normalized spacial score (nSPS) is 11.3. The monoisotopic (exact) mass is 1130 g/mol. The number of rotatable bonds is 43. The van der Waals surface area contributed by atoms with Crippen LogP contribution in [0.4, 0.5) is 17.1 Å². The average Bonchev–Trinajstić information content (AvgIpc) is 3.46. The number of hydrogen-bond acceptors (Lipinski definition) is 12. The molecule has 0 aromatic heterocycles. The molecule has 0 atom stereocenters. The van der Waals surface area contributed by atoms with Crippen molar-refractivity contribution in [2.24, 2.45) is 5.41 Å². The summed E-state index contributed by atoms with van der Waals surface area (Å²) in [4.78, 5) is 88.8. The molecular weight excluding hydrogens is 1030 g/mol. The highest BCUT2D eigenvalue weighted by molar-refractivity contribution is 5.96. The van der Waals surface area contributed by atoms with Crippen LogP contribution in [0.1, 0.15) is 109 Å². The predicted octanol–water partition coefficient (Wildman–Crippen LogP) is 8.45. The summed E-state index contributed by atoms with van der Waals surface area (Å²) in [7, 11) is 5.22. The summed E-state index contributed by atoms with van der Waals surface area (Å²) in [5.41, 5.74) is 4.74. The molecule has 0 heterocycles. The molecule has 0 spiro atoms. The van der Waals surface area contributed by atoms with Crippen molar-refractivity contribution in [2.45, 2.75) is 113 Å². The molecule has 3 rings (SSSR count). The van der Waals surface area contributed by atoms with Crippen molar-refractivity contribution < 1.29 is 57.2 Å². The van der Waals surface area contributed by atoms with Crippen molar-refractivity contribution in [1.82, 2.24) is 14.7 Å². The zero-order valence-corrected chi connectivity index (χ0v) is 50.8. The summed E-state index contributed by atoms with van der Waals surface area (Å²) in [5.74, 6) is -1.32. The number of amides is 6. The van der Waals surface area contributed by atoms with Crippen LogP contribution in [0.2, 0.25) is 0 Å². The molecule has 3 aromatic rings. The Balaban J connectivity index is 1.72. The van der Waals surface area contributed by atoms with E-state index in [9.17, 15) is 28.8 Å². The third-order valence-corrected chi connectivity index (χ3v) is 14.1.